The Morgan fingerprint density at radius 1 is 1.37 bits per heavy atom. The zero-order valence-electron chi connectivity index (χ0n) is 11.8. The van der Waals surface area contributed by atoms with Crippen LogP contribution in [0.15, 0.2) is 10.5 Å². The highest BCUT2D eigenvalue weighted by molar-refractivity contribution is 9.10. The van der Waals surface area contributed by atoms with Gasteiger partial charge in [0.2, 0.25) is 0 Å². The third kappa shape index (κ3) is 2.74. The Labute approximate surface area is 121 Å². The van der Waals surface area contributed by atoms with Crippen molar-refractivity contribution in [2.45, 2.75) is 39.8 Å². The molecule has 0 aliphatic carbocycles. The molecule has 0 amide bonds. The molecule has 1 unspecified atom stereocenters. The largest absolute Gasteiger partial charge is 0.322 e. The molecule has 0 aromatic carbocycles. The van der Waals surface area contributed by atoms with Crippen LogP contribution in [0.1, 0.15) is 35.7 Å². The summed E-state index contributed by atoms with van der Waals surface area (Å²) in [7, 11) is 1.93. The van der Waals surface area contributed by atoms with E-state index in [1.165, 1.54) is 0 Å². The van der Waals surface area contributed by atoms with Crippen molar-refractivity contribution in [2.24, 2.45) is 12.8 Å². The van der Waals surface area contributed by atoms with Crippen LogP contribution in [0.5, 0.6) is 0 Å². The van der Waals surface area contributed by atoms with Crippen molar-refractivity contribution in [3.63, 3.8) is 0 Å². The molecule has 2 aromatic heterocycles. The van der Waals surface area contributed by atoms with Crippen molar-refractivity contribution in [1.29, 1.82) is 0 Å². The van der Waals surface area contributed by atoms with Gasteiger partial charge in [-0.2, -0.15) is 10.2 Å². The summed E-state index contributed by atoms with van der Waals surface area (Å²) in [6.07, 6.45) is 0.744. The zero-order valence-corrected chi connectivity index (χ0v) is 13.4. The third-order valence-electron chi connectivity index (χ3n) is 3.28. The number of nitrogens with two attached hydrogens (primary N) is 1. The minimum atomic E-state index is -0.0797. The van der Waals surface area contributed by atoms with Crippen LogP contribution in [0, 0.1) is 13.8 Å². The summed E-state index contributed by atoms with van der Waals surface area (Å²) in [5, 5.41) is 8.84. The van der Waals surface area contributed by atoms with Gasteiger partial charge in [-0.25, -0.2) is 0 Å². The Hall–Kier alpha value is -1.14. The first-order valence-corrected chi connectivity index (χ1v) is 7.21. The molecule has 0 spiro atoms. The standard InChI is InChI=1S/C13H20BrN5/c1-5-19-12(13(14)9(3)17-19)7-10(15)11-6-8(2)16-18(11)4/h6,10H,5,7,15H2,1-4H3. The fourth-order valence-corrected chi connectivity index (χ4v) is 2.80. The highest BCUT2D eigenvalue weighted by Crippen LogP contribution is 2.25. The van der Waals surface area contributed by atoms with E-state index in [1.54, 1.807) is 0 Å². The van der Waals surface area contributed by atoms with E-state index < -0.39 is 0 Å². The highest BCUT2D eigenvalue weighted by atomic mass is 79.9. The summed E-state index contributed by atoms with van der Waals surface area (Å²) in [5.74, 6) is 0. The predicted molar refractivity (Wildman–Crippen MR) is 78.9 cm³/mol. The van der Waals surface area contributed by atoms with E-state index in [-0.39, 0.29) is 6.04 Å². The molecule has 2 aromatic rings. The number of rotatable bonds is 4. The lowest BCUT2D eigenvalue weighted by Crippen LogP contribution is -2.19. The van der Waals surface area contributed by atoms with Crippen molar-refractivity contribution in [1.82, 2.24) is 19.6 Å². The molecule has 2 N–H and O–H groups in total. The molecule has 0 aliphatic rings. The summed E-state index contributed by atoms with van der Waals surface area (Å²) in [4.78, 5) is 0. The van der Waals surface area contributed by atoms with Crippen LogP contribution in [0.25, 0.3) is 0 Å². The average Bonchev–Trinajstić information content (AvgIpc) is 2.83. The number of nitrogens with zero attached hydrogens (tertiary/aromatic N) is 4. The van der Waals surface area contributed by atoms with Crippen LogP contribution in [0.2, 0.25) is 0 Å². The molecule has 2 rings (SSSR count). The highest BCUT2D eigenvalue weighted by Gasteiger charge is 2.18. The van der Waals surface area contributed by atoms with Gasteiger partial charge in [-0.05, 0) is 42.8 Å². The van der Waals surface area contributed by atoms with Gasteiger partial charge in [-0.1, -0.05) is 0 Å². The smallest absolute Gasteiger partial charge is 0.0738 e. The van der Waals surface area contributed by atoms with Gasteiger partial charge in [-0.3, -0.25) is 9.36 Å². The van der Waals surface area contributed by atoms with E-state index in [0.717, 1.165) is 40.2 Å². The molecule has 0 radical (unpaired) electrons. The van der Waals surface area contributed by atoms with Crippen molar-refractivity contribution in [2.75, 3.05) is 0 Å². The van der Waals surface area contributed by atoms with Crippen molar-refractivity contribution >= 4 is 15.9 Å². The third-order valence-corrected chi connectivity index (χ3v) is 4.32. The van der Waals surface area contributed by atoms with Gasteiger partial charge in [0, 0.05) is 20.0 Å². The Morgan fingerprint density at radius 3 is 2.58 bits per heavy atom. The van der Waals surface area contributed by atoms with E-state index in [2.05, 4.69) is 33.1 Å². The molecular formula is C13H20BrN5. The first-order chi connectivity index (χ1) is 8.93. The molecule has 5 nitrogen and oxygen atoms in total. The maximum atomic E-state index is 6.32. The van der Waals surface area contributed by atoms with Crippen molar-refractivity contribution in [3.05, 3.63) is 33.3 Å². The molecule has 0 fully saturated rings. The Balaban J connectivity index is 2.28. The number of hydrogen-bond acceptors (Lipinski definition) is 3. The van der Waals surface area contributed by atoms with Crippen LogP contribution in [-0.2, 0) is 20.0 Å². The topological polar surface area (TPSA) is 61.7 Å². The Bertz CT molecular complexity index is 584. The maximum Gasteiger partial charge on any atom is 0.0738 e. The van der Waals surface area contributed by atoms with Crippen molar-refractivity contribution in [3.8, 4) is 0 Å². The number of halogens is 1. The van der Waals surface area contributed by atoms with Crippen LogP contribution < -0.4 is 5.73 Å². The summed E-state index contributed by atoms with van der Waals surface area (Å²) in [6, 6.07) is 1.96. The lowest BCUT2D eigenvalue weighted by Gasteiger charge is -2.13. The van der Waals surface area contributed by atoms with Gasteiger partial charge >= 0.3 is 0 Å². The molecule has 0 saturated heterocycles. The average molecular weight is 326 g/mol. The van der Waals surface area contributed by atoms with Gasteiger partial charge in [0.15, 0.2) is 0 Å². The maximum absolute atomic E-state index is 6.32. The SMILES string of the molecule is CCn1nc(C)c(Br)c1CC(N)c1cc(C)nn1C. The van der Waals surface area contributed by atoms with Crippen LogP contribution in [0.4, 0.5) is 0 Å². The molecule has 2 heterocycles. The van der Waals surface area contributed by atoms with Crippen molar-refractivity contribution < 1.29 is 0 Å². The Morgan fingerprint density at radius 2 is 2.05 bits per heavy atom. The summed E-state index contributed by atoms with van der Waals surface area (Å²) in [5.41, 5.74) is 10.5. The van der Waals surface area contributed by atoms with E-state index in [9.17, 15) is 0 Å². The summed E-state index contributed by atoms with van der Waals surface area (Å²) in [6.45, 7) is 6.91. The first-order valence-electron chi connectivity index (χ1n) is 6.42. The lowest BCUT2D eigenvalue weighted by atomic mass is 10.1. The van der Waals surface area contributed by atoms with E-state index in [1.807, 2.05) is 36.3 Å². The Kier molecular flexibility index (Phi) is 4.10. The molecule has 6 heteroatoms. The molecular weight excluding hydrogens is 306 g/mol. The molecule has 1 atom stereocenters. The second kappa shape index (κ2) is 5.46. The minimum absolute atomic E-state index is 0.0797. The van der Waals surface area contributed by atoms with E-state index in [4.69, 9.17) is 5.73 Å². The second-order valence-corrected chi connectivity index (χ2v) is 5.60. The lowest BCUT2D eigenvalue weighted by molar-refractivity contribution is 0.561. The van der Waals surface area contributed by atoms with Gasteiger partial charge in [-0.15, -0.1) is 0 Å². The first kappa shape index (κ1) is 14.3. The van der Waals surface area contributed by atoms with E-state index in [0.29, 0.717) is 0 Å². The number of aromatic nitrogens is 4. The van der Waals surface area contributed by atoms with Gasteiger partial charge in [0.1, 0.15) is 0 Å². The molecule has 0 aliphatic heterocycles. The molecule has 104 valence electrons. The minimum Gasteiger partial charge on any atom is -0.322 e. The fourth-order valence-electron chi connectivity index (χ4n) is 2.35. The van der Waals surface area contributed by atoms with Crippen LogP contribution >= 0.6 is 15.9 Å². The predicted octanol–water partition coefficient (Wildman–Crippen LogP) is 2.26. The normalized spacial score (nSPS) is 12.9. The summed E-state index contributed by atoms with van der Waals surface area (Å²) < 4.78 is 4.92. The molecule has 19 heavy (non-hydrogen) atoms. The van der Waals surface area contributed by atoms with Crippen LogP contribution in [-0.4, -0.2) is 19.6 Å². The zero-order chi connectivity index (χ0) is 14.2. The monoisotopic (exact) mass is 325 g/mol. The van der Waals surface area contributed by atoms with Gasteiger partial charge in [0.25, 0.3) is 0 Å². The molecule has 0 bridgehead atoms. The number of aryl methyl sites for hydroxylation is 4. The molecule has 0 saturated carbocycles. The van der Waals surface area contributed by atoms with Gasteiger partial charge in [0.05, 0.1) is 33.3 Å². The summed E-state index contributed by atoms with van der Waals surface area (Å²) >= 11 is 3.61. The fraction of sp³-hybridized carbons (Fsp3) is 0.538. The van der Waals surface area contributed by atoms with Crippen LogP contribution in [0.3, 0.4) is 0 Å². The second-order valence-electron chi connectivity index (χ2n) is 4.81. The quantitative estimate of drug-likeness (QED) is 0.937. The van der Waals surface area contributed by atoms with Gasteiger partial charge < -0.3 is 5.73 Å². The van der Waals surface area contributed by atoms with E-state index >= 15 is 0 Å². The number of hydrogen-bond donors (Lipinski definition) is 1.